The first-order chi connectivity index (χ1) is 11.2. The third-order valence-electron chi connectivity index (χ3n) is 3.55. The molecular weight excluding hydrogens is 372 g/mol. The molecule has 0 atom stereocenters. The molecule has 1 aliphatic heterocycles. The summed E-state index contributed by atoms with van der Waals surface area (Å²) in [5, 5.41) is 0.861. The highest BCUT2D eigenvalue weighted by Crippen LogP contribution is 2.33. The summed E-state index contributed by atoms with van der Waals surface area (Å²) < 4.78 is 1.04. The average Bonchev–Trinajstić information content (AvgIpc) is 2.83. The Morgan fingerprint density at radius 1 is 1.17 bits per heavy atom. The number of halogens is 1. The van der Waals surface area contributed by atoms with Crippen molar-refractivity contribution in [2.45, 2.75) is 39.5 Å². The van der Waals surface area contributed by atoms with Crippen LogP contribution < -0.4 is 0 Å². The Kier molecular flexibility index (Phi) is 7.37. The van der Waals surface area contributed by atoms with Crippen molar-refractivity contribution < 1.29 is 4.79 Å². The van der Waals surface area contributed by atoms with Crippen molar-refractivity contribution in [1.29, 1.82) is 0 Å². The van der Waals surface area contributed by atoms with Gasteiger partial charge in [-0.3, -0.25) is 14.7 Å². The third-order valence-corrected chi connectivity index (χ3v) is 5.12. The summed E-state index contributed by atoms with van der Waals surface area (Å²) in [6.45, 7) is 5.84. The lowest BCUT2D eigenvalue weighted by Gasteiger charge is -2.14. The van der Waals surface area contributed by atoms with E-state index in [0.717, 1.165) is 58.9 Å². The predicted octanol–water partition coefficient (Wildman–Crippen LogP) is 5.32. The summed E-state index contributed by atoms with van der Waals surface area (Å²) >= 11 is 4.94. The maximum absolute atomic E-state index is 12.7. The molecule has 0 saturated carbocycles. The van der Waals surface area contributed by atoms with Crippen molar-refractivity contribution in [3.63, 3.8) is 0 Å². The van der Waals surface area contributed by atoms with E-state index in [1.54, 1.807) is 0 Å². The smallest absolute Gasteiger partial charge is 0.266 e. The van der Waals surface area contributed by atoms with Crippen LogP contribution in [0.4, 0.5) is 0 Å². The van der Waals surface area contributed by atoms with E-state index in [1.807, 2.05) is 35.2 Å². The van der Waals surface area contributed by atoms with Crippen molar-refractivity contribution in [3.8, 4) is 0 Å². The van der Waals surface area contributed by atoms with E-state index in [0.29, 0.717) is 0 Å². The Balaban J connectivity index is 2.19. The fraction of sp³-hybridized carbons (Fsp3) is 0.444. The van der Waals surface area contributed by atoms with Crippen LogP contribution in [0.3, 0.4) is 0 Å². The molecule has 1 aliphatic rings. The Labute approximate surface area is 151 Å². The Hall–Kier alpha value is -1.07. The Bertz CT molecular complexity index is 596. The molecule has 1 aromatic carbocycles. The summed E-state index contributed by atoms with van der Waals surface area (Å²) in [7, 11) is 0. The van der Waals surface area contributed by atoms with Crippen molar-refractivity contribution in [2.24, 2.45) is 4.99 Å². The van der Waals surface area contributed by atoms with E-state index in [2.05, 4.69) is 34.8 Å². The van der Waals surface area contributed by atoms with Gasteiger partial charge in [-0.25, -0.2) is 0 Å². The van der Waals surface area contributed by atoms with Crippen molar-refractivity contribution in [1.82, 2.24) is 4.90 Å². The number of hydrogen-bond acceptors (Lipinski definition) is 3. The molecule has 1 amide bonds. The van der Waals surface area contributed by atoms with Crippen molar-refractivity contribution in [2.75, 3.05) is 13.1 Å². The fourth-order valence-corrected chi connectivity index (χ4v) is 3.48. The number of benzene rings is 1. The maximum Gasteiger partial charge on any atom is 0.266 e. The first kappa shape index (κ1) is 18.3. The molecule has 3 nitrogen and oxygen atoms in total. The molecule has 0 aromatic heterocycles. The van der Waals surface area contributed by atoms with E-state index < -0.39 is 0 Å². The lowest BCUT2D eigenvalue weighted by Crippen LogP contribution is -2.30. The van der Waals surface area contributed by atoms with Gasteiger partial charge in [-0.2, -0.15) is 0 Å². The molecule has 1 heterocycles. The second-order valence-electron chi connectivity index (χ2n) is 5.49. The molecule has 0 bridgehead atoms. The number of amides is 1. The summed E-state index contributed by atoms with van der Waals surface area (Å²) in [4.78, 5) is 19.9. The molecule has 1 saturated heterocycles. The van der Waals surface area contributed by atoms with E-state index >= 15 is 0 Å². The van der Waals surface area contributed by atoms with Crippen LogP contribution in [0.25, 0.3) is 6.08 Å². The molecule has 0 radical (unpaired) electrons. The van der Waals surface area contributed by atoms with Crippen LogP contribution in [-0.2, 0) is 4.79 Å². The normalized spacial score (nSPS) is 18.4. The van der Waals surface area contributed by atoms with Gasteiger partial charge in [-0.05, 0) is 48.4 Å². The van der Waals surface area contributed by atoms with E-state index in [-0.39, 0.29) is 5.91 Å². The van der Waals surface area contributed by atoms with Gasteiger partial charge in [0.2, 0.25) is 0 Å². The summed E-state index contributed by atoms with van der Waals surface area (Å²) in [5.41, 5.74) is 1.04. The van der Waals surface area contributed by atoms with Gasteiger partial charge in [0.05, 0.1) is 4.91 Å². The average molecular weight is 395 g/mol. The molecule has 2 rings (SSSR count). The summed E-state index contributed by atoms with van der Waals surface area (Å²) in [6.07, 6.45) is 6.21. The molecule has 0 N–H and O–H groups in total. The van der Waals surface area contributed by atoms with E-state index in [4.69, 9.17) is 0 Å². The van der Waals surface area contributed by atoms with Gasteiger partial charge >= 0.3 is 0 Å². The van der Waals surface area contributed by atoms with Crippen LogP contribution in [-0.4, -0.2) is 29.1 Å². The summed E-state index contributed by atoms with van der Waals surface area (Å²) in [5.74, 6) is 0.0848. The monoisotopic (exact) mass is 394 g/mol. The van der Waals surface area contributed by atoms with Crippen molar-refractivity contribution >= 4 is 44.8 Å². The Morgan fingerprint density at radius 3 is 2.52 bits per heavy atom. The topological polar surface area (TPSA) is 32.7 Å². The lowest BCUT2D eigenvalue weighted by molar-refractivity contribution is -0.122. The van der Waals surface area contributed by atoms with E-state index in [1.165, 1.54) is 11.8 Å². The zero-order chi connectivity index (χ0) is 16.7. The molecular formula is C18H23BrN2OS. The van der Waals surface area contributed by atoms with Crippen LogP contribution >= 0.6 is 27.7 Å². The largest absolute Gasteiger partial charge is 0.287 e. The first-order valence-corrected chi connectivity index (χ1v) is 9.78. The number of nitrogens with zero attached hydrogens (tertiary/aromatic N) is 2. The van der Waals surface area contributed by atoms with Gasteiger partial charge in [0.15, 0.2) is 5.17 Å². The van der Waals surface area contributed by atoms with Crippen LogP contribution in [0, 0.1) is 0 Å². The second-order valence-corrected chi connectivity index (χ2v) is 7.42. The van der Waals surface area contributed by atoms with Gasteiger partial charge in [0.25, 0.3) is 5.91 Å². The molecule has 5 heteroatoms. The van der Waals surface area contributed by atoms with Gasteiger partial charge in [-0.1, -0.05) is 54.8 Å². The molecule has 1 fully saturated rings. The zero-order valence-corrected chi connectivity index (χ0v) is 16.1. The highest BCUT2D eigenvalue weighted by Gasteiger charge is 2.32. The second kappa shape index (κ2) is 9.28. The number of hydrogen-bond donors (Lipinski definition) is 0. The van der Waals surface area contributed by atoms with Gasteiger partial charge in [0, 0.05) is 17.6 Å². The minimum Gasteiger partial charge on any atom is -0.287 e. The number of aliphatic imine (C=N–C) groups is 1. The maximum atomic E-state index is 12.7. The van der Waals surface area contributed by atoms with Gasteiger partial charge in [-0.15, -0.1) is 0 Å². The third kappa shape index (κ3) is 5.21. The molecule has 23 heavy (non-hydrogen) atoms. The number of carbonyl (C=O) groups excluding carboxylic acids is 1. The van der Waals surface area contributed by atoms with Crippen molar-refractivity contribution in [3.05, 3.63) is 39.2 Å². The Morgan fingerprint density at radius 2 is 1.87 bits per heavy atom. The minimum absolute atomic E-state index is 0.0848. The SMILES string of the molecule is CCCCN=C1SC(=Cc2ccc(Br)cc2)C(=O)N1CCCC. The molecule has 0 unspecified atom stereocenters. The lowest BCUT2D eigenvalue weighted by atomic mass is 10.2. The molecule has 0 aliphatic carbocycles. The molecule has 124 valence electrons. The first-order valence-electron chi connectivity index (χ1n) is 8.17. The fourth-order valence-electron chi connectivity index (χ4n) is 2.18. The standard InChI is InChI=1S/C18H23BrN2OS/c1-3-5-11-20-18-21(12-6-4-2)17(22)16(23-18)13-14-7-9-15(19)10-8-14/h7-10,13H,3-6,11-12H2,1-2H3. The summed E-state index contributed by atoms with van der Waals surface area (Å²) in [6, 6.07) is 7.99. The van der Waals surface area contributed by atoms with Crippen LogP contribution in [0.5, 0.6) is 0 Å². The number of amidine groups is 1. The quantitative estimate of drug-likeness (QED) is 0.462. The molecule has 1 aromatic rings. The van der Waals surface area contributed by atoms with Crippen LogP contribution in [0.1, 0.15) is 45.1 Å². The minimum atomic E-state index is 0.0848. The van der Waals surface area contributed by atoms with E-state index in [9.17, 15) is 4.79 Å². The van der Waals surface area contributed by atoms with Gasteiger partial charge in [0.1, 0.15) is 0 Å². The highest BCUT2D eigenvalue weighted by atomic mass is 79.9. The number of carbonyl (C=O) groups is 1. The number of rotatable bonds is 7. The van der Waals surface area contributed by atoms with Gasteiger partial charge < -0.3 is 0 Å². The highest BCUT2D eigenvalue weighted by molar-refractivity contribution is 9.10. The zero-order valence-electron chi connectivity index (χ0n) is 13.7. The number of unbranched alkanes of at least 4 members (excludes halogenated alkanes) is 2. The van der Waals surface area contributed by atoms with Crippen LogP contribution in [0.2, 0.25) is 0 Å². The number of thioether (sulfide) groups is 1. The predicted molar refractivity (Wildman–Crippen MR) is 104 cm³/mol. The van der Waals surface area contributed by atoms with Crippen LogP contribution in [0.15, 0.2) is 38.6 Å². The molecule has 0 spiro atoms.